The van der Waals surface area contributed by atoms with E-state index in [4.69, 9.17) is 4.74 Å². The topological polar surface area (TPSA) is 61.8 Å². The largest absolute Gasteiger partial charge is 0.492 e. The second-order valence-corrected chi connectivity index (χ2v) is 5.78. The molecule has 0 spiro atoms. The van der Waals surface area contributed by atoms with E-state index in [-0.39, 0.29) is 11.9 Å². The van der Waals surface area contributed by atoms with E-state index in [1.54, 1.807) is 11.9 Å². The Hall–Kier alpha value is -1.59. The molecule has 1 aliphatic heterocycles. The number of nitrogens with zero attached hydrogens (tertiary/aromatic N) is 1. The van der Waals surface area contributed by atoms with Gasteiger partial charge >= 0.3 is 0 Å². The Morgan fingerprint density at radius 3 is 2.62 bits per heavy atom. The van der Waals surface area contributed by atoms with Crippen molar-refractivity contribution in [2.75, 3.05) is 26.7 Å². The van der Waals surface area contributed by atoms with E-state index in [0.717, 1.165) is 5.75 Å². The maximum atomic E-state index is 12.1. The van der Waals surface area contributed by atoms with Crippen molar-refractivity contribution in [2.24, 2.45) is 0 Å². The SMILES string of the molecule is Cc1cc(C)cc(OCCN(C)C(=O)C2CC(O)CN2)c1. The fourth-order valence-corrected chi connectivity index (χ4v) is 2.60. The summed E-state index contributed by atoms with van der Waals surface area (Å²) in [5.74, 6) is 0.846. The lowest BCUT2D eigenvalue weighted by Gasteiger charge is -2.21. The molecule has 1 aromatic rings. The van der Waals surface area contributed by atoms with Gasteiger partial charge in [0.05, 0.1) is 18.7 Å². The summed E-state index contributed by atoms with van der Waals surface area (Å²) in [7, 11) is 1.76. The summed E-state index contributed by atoms with van der Waals surface area (Å²) in [6.45, 7) is 5.54. The lowest BCUT2D eigenvalue weighted by Crippen LogP contribution is -2.43. The predicted molar refractivity (Wildman–Crippen MR) is 81.5 cm³/mol. The van der Waals surface area contributed by atoms with Gasteiger partial charge in [0.25, 0.3) is 0 Å². The van der Waals surface area contributed by atoms with Crippen LogP contribution < -0.4 is 10.1 Å². The zero-order valence-electron chi connectivity index (χ0n) is 12.9. The molecule has 5 heteroatoms. The molecular weight excluding hydrogens is 268 g/mol. The quantitative estimate of drug-likeness (QED) is 0.845. The lowest BCUT2D eigenvalue weighted by molar-refractivity contribution is -0.132. The molecule has 1 aliphatic rings. The van der Waals surface area contributed by atoms with Crippen LogP contribution in [-0.2, 0) is 4.79 Å². The monoisotopic (exact) mass is 292 g/mol. The van der Waals surface area contributed by atoms with E-state index in [1.807, 2.05) is 26.0 Å². The van der Waals surface area contributed by atoms with E-state index in [9.17, 15) is 9.90 Å². The molecule has 5 nitrogen and oxygen atoms in total. The number of aryl methyl sites for hydroxylation is 2. The molecule has 0 aromatic heterocycles. The number of ether oxygens (including phenoxy) is 1. The van der Waals surface area contributed by atoms with Crippen LogP contribution in [0.3, 0.4) is 0 Å². The first-order chi connectivity index (χ1) is 9.95. The number of carbonyl (C=O) groups excluding carboxylic acids is 1. The second-order valence-electron chi connectivity index (χ2n) is 5.78. The smallest absolute Gasteiger partial charge is 0.239 e. The maximum absolute atomic E-state index is 12.1. The number of benzene rings is 1. The summed E-state index contributed by atoms with van der Waals surface area (Å²) >= 11 is 0. The van der Waals surface area contributed by atoms with Crippen molar-refractivity contribution < 1.29 is 14.6 Å². The molecule has 0 saturated carbocycles. The minimum absolute atomic E-state index is 0.00979. The van der Waals surface area contributed by atoms with Crippen molar-refractivity contribution in [1.82, 2.24) is 10.2 Å². The van der Waals surface area contributed by atoms with Crippen LogP contribution >= 0.6 is 0 Å². The molecule has 0 radical (unpaired) electrons. The third kappa shape index (κ3) is 4.44. The van der Waals surface area contributed by atoms with Crippen molar-refractivity contribution in [3.63, 3.8) is 0 Å². The van der Waals surface area contributed by atoms with Crippen molar-refractivity contribution in [3.05, 3.63) is 29.3 Å². The number of carbonyl (C=O) groups is 1. The van der Waals surface area contributed by atoms with Gasteiger partial charge < -0.3 is 20.1 Å². The number of hydrogen-bond donors (Lipinski definition) is 2. The number of aliphatic hydroxyl groups excluding tert-OH is 1. The Labute approximate surface area is 125 Å². The van der Waals surface area contributed by atoms with E-state index >= 15 is 0 Å². The van der Waals surface area contributed by atoms with Gasteiger partial charge in [0.1, 0.15) is 12.4 Å². The molecule has 21 heavy (non-hydrogen) atoms. The van der Waals surface area contributed by atoms with Gasteiger partial charge in [-0.1, -0.05) is 6.07 Å². The van der Waals surface area contributed by atoms with Crippen LogP contribution in [0, 0.1) is 13.8 Å². The highest BCUT2D eigenvalue weighted by atomic mass is 16.5. The summed E-state index contributed by atoms with van der Waals surface area (Å²) in [6, 6.07) is 5.80. The van der Waals surface area contributed by atoms with Crippen LogP contribution in [0.4, 0.5) is 0 Å². The van der Waals surface area contributed by atoms with Crippen molar-refractivity contribution in [3.8, 4) is 5.75 Å². The third-order valence-corrected chi connectivity index (χ3v) is 3.67. The highest BCUT2D eigenvalue weighted by Gasteiger charge is 2.29. The first-order valence-electron chi connectivity index (χ1n) is 7.33. The Kier molecular flexibility index (Phi) is 5.20. The number of β-amino-alcohol motifs (C(OH)–C–C–N with tert-alkyl or cyclic N) is 1. The van der Waals surface area contributed by atoms with Crippen LogP contribution in [0.5, 0.6) is 5.75 Å². The van der Waals surface area contributed by atoms with Crippen LogP contribution in [0.25, 0.3) is 0 Å². The third-order valence-electron chi connectivity index (χ3n) is 3.67. The summed E-state index contributed by atoms with van der Waals surface area (Å²) in [6.07, 6.45) is 0.0695. The average Bonchev–Trinajstić information content (AvgIpc) is 2.83. The molecule has 2 N–H and O–H groups in total. The first-order valence-corrected chi connectivity index (χ1v) is 7.33. The number of likely N-dealkylation sites (N-methyl/N-ethyl adjacent to an activating group) is 1. The standard InChI is InChI=1S/C16H24N2O3/c1-11-6-12(2)8-14(7-11)21-5-4-18(3)16(20)15-9-13(19)10-17-15/h6-8,13,15,17,19H,4-5,9-10H2,1-3H3. The molecule has 1 fully saturated rings. The minimum atomic E-state index is -0.418. The van der Waals surface area contributed by atoms with E-state index in [2.05, 4.69) is 11.4 Å². The highest BCUT2D eigenvalue weighted by molar-refractivity contribution is 5.82. The van der Waals surface area contributed by atoms with E-state index in [0.29, 0.717) is 26.1 Å². The molecule has 2 atom stereocenters. The molecule has 2 unspecified atom stereocenters. The maximum Gasteiger partial charge on any atom is 0.239 e. The molecule has 1 aromatic carbocycles. The Morgan fingerprint density at radius 2 is 2.05 bits per heavy atom. The van der Waals surface area contributed by atoms with Gasteiger partial charge in [0.2, 0.25) is 5.91 Å². The van der Waals surface area contributed by atoms with Crippen LogP contribution in [0.15, 0.2) is 18.2 Å². The predicted octanol–water partition coefficient (Wildman–Crippen LogP) is 0.863. The van der Waals surface area contributed by atoms with Crippen molar-refractivity contribution in [1.29, 1.82) is 0 Å². The Balaban J connectivity index is 1.78. The van der Waals surface area contributed by atoms with Gasteiger partial charge in [-0.05, 0) is 43.5 Å². The van der Waals surface area contributed by atoms with Gasteiger partial charge in [-0.25, -0.2) is 0 Å². The molecule has 0 bridgehead atoms. The van der Waals surface area contributed by atoms with Crippen LogP contribution in [-0.4, -0.2) is 54.8 Å². The average molecular weight is 292 g/mol. The molecule has 1 heterocycles. The minimum Gasteiger partial charge on any atom is -0.492 e. The zero-order chi connectivity index (χ0) is 15.4. The van der Waals surface area contributed by atoms with Gasteiger partial charge in [0.15, 0.2) is 0 Å². The van der Waals surface area contributed by atoms with Crippen LogP contribution in [0.1, 0.15) is 17.5 Å². The van der Waals surface area contributed by atoms with Gasteiger partial charge in [-0.15, -0.1) is 0 Å². The van der Waals surface area contributed by atoms with Gasteiger partial charge in [-0.2, -0.15) is 0 Å². The highest BCUT2D eigenvalue weighted by Crippen LogP contribution is 2.16. The number of aliphatic hydroxyl groups is 1. The molecular formula is C16H24N2O3. The van der Waals surface area contributed by atoms with Gasteiger partial charge in [0, 0.05) is 13.6 Å². The first kappa shape index (κ1) is 15.8. The van der Waals surface area contributed by atoms with Gasteiger partial charge in [-0.3, -0.25) is 4.79 Å². The summed E-state index contributed by atoms with van der Waals surface area (Å²) in [5.41, 5.74) is 2.33. The number of hydrogen-bond acceptors (Lipinski definition) is 4. The molecule has 116 valence electrons. The number of rotatable bonds is 5. The Bertz CT molecular complexity index is 484. The van der Waals surface area contributed by atoms with E-state index < -0.39 is 6.10 Å². The van der Waals surface area contributed by atoms with Crippen LogP contribution in [0.2, 0.25) is 0 Å². The Morgan fingerprint density at radius 1 is 1.38 bits per heavy atom. The summed E-state index contributed by atoms with van der Waals surface area (Å²) in [5, 5.41) is 12.5. The molecule has 1 amide bonds. The van der Waals surface area contributed by atoms with Crippen molar-refractivity contribution >= 4 is 5.91 Å². The molecule has 1 saturated heterocycles. The lowest BCUT2D eigenvalue weighted by atomic mass is 10.1. The summed E-state index contributed by atoms with van der Waals surface area (Å²) in [4.78, 5) is 13.8. The number of amides is 1. The number of nitrogens with one attached hydrogen (secondary N) is 1. The van der Waals surface area contributed by atoms with E-state index in [1.165, 1.54) is 11.1 Å². The van der Waals surface area contributed by atoms with Crippen molar-refractivity contribution in [2.45, 2.75) is 32.4 Å². The molecule has 2 rings (SSSR count). The second kappa shape index (κ2) is 6.91. The normalized spacial score (nSPS) is 21.3. The fourth-order valence-electron chi connectivity index (χ4n) is 2.60. The fraction of sp³-hybridized carbons (Fsp3) is 0.562. The molecule has 0 aliphatic carbocycles. The zero-order valence-corrected chi connectivity index (χ0v) is 12.9. The summed E-state index contributed by atoms with van der Waals surface area (Å²) < 4.78 is 5.71.